The molecule has 2 rings (SSSR count). The van der Waals surface area contributed by atoms with E-state index in [4.69, 9.17) is 10.5 Å². The minimum atomic E-state index is 0.518. The molecule has 4 heteroatoms. The van der Waals surface area contributed by atoms with E-state index in [0.29, 0.717) is 6.54 Å². The molecular weight excluding hydrogens is 226 g/mol. The number of rotatable bonds is 5. The molecule has 0 radical (unpaired) electrons. The number of nitrogens with zero attached hydrogens (tertiary/aromatic N) is 2. The van der Waals surface area contributed by atoms with E-state index in [1.165, 1.54) is 5.69 Å². The van der Waals surface area contributed by atoms with Crippen molar-refractivity contribution >= 4 is 0 Å². The molecule has 0 bridgehead atoms. The fourth-order valence-electron chi connectivity index (χ4n) is 2.09. The molecule has 96 valence electrons. The molecule has 1 heterocycles. The maximum absolute atomic E-state index is 5.76. The first kappa shape index (κ1) is 12.6. The number of para-hydroxylation sites is 2. The molecule has 1 aromatic carbocycles. The number of nitrogens with two attached hydrogens (primary N) is 1. The highest BCUT2D eigenvalue weighted by Gasteiger charge is 2.13. The standard InChI is InChI=1S/C14H19N3O/c1-3-6-12-11(9-15)10-16-17(12)13-7-4-5-8-14(13)18-2/h4-5,7-8,10H,3,6,9,15H2,1-2H3. The molecule has 0 saturated heterocycles. The summed E-state index contributed by atoms with van der Waals surface area (Å²) in [5.74, 6) is 0.821. The van der Waals surface area contributed by atoms with Crippen LogP contribution in [0.4, 0.5) is 0 Å². The summed E-state index contributed by atoms with van der Waals surface area (Å²) in [6, 6.07) is 7.88. The monoisotopic (exact) mass is 245 g/mol. The SMILES string of the molecule is CCCc1c(CN)cnn1-c1ccccc1OC. The van der Waals surface area contributed by atoms with Crippen LogP contribution in [0, 0.1) is 0 Å². The number of aromatic nitrogens is 2. The summed E-state index contributed by atoms with van der Waals surface area (Å²) in [7, 11) is 1.67. The maximum atomic E-state index is 5.76. The van der Waals surface area contributed by atoms with Gasteiger partial charge in [0.2, 0.25) is 0 Å². The van der Waals surface area contributed by atoms with Crippen LogP contribution in [0.3, 0.4) is 0 Å². The molecule has 0 unspecified atom stereocenters. The Morgan fingerprint density at radius 1 is 1.33 bits per heavy atom. The van der Waals surface area contributed by atoms with Gasteiger partial charge in [0, 0.05) is 17.8 Å². The van der Waals surface area contributed by atoms with Crippen molar-refractivity contribution in [1.29, 1.82) is 0 Å². The second-order valence-corrected chi connectivity index (χ2v) is 4.15. The normalized spacial score (nSPS) is 10.6. The highest BCUT2D eigenvalue weighted by atomic mass is 16.5. The van der Waals surface area contributed by atoms with Crippen molar-refractivity contribution in [3.05, 3.63) is 41.7 Å². The zero-order valence-electron chi connectivity index (χ0n) is 10.9. The Morgan fingerprint density at radius 3 is 2.78 bits per heavy atom. The van der Waals surface area contributed by atoms with E-state index < -0.39 is 0 Å². The van der Waals surface area contributed by atoms with E-state index in [9.17, 15) is 0 Å². The van der Waals surface area contributed by atoms with Gasteiger partial charge in [0.1, 0.15) is 11.4 Å². The Balaban J connectivity index is 2.52. The summed E-state index contributed by atoms with van der Waals surface area (Å²) in [5, 5.41) is 4.44. The van der Waals surface area contributed by atoms with Crippen molar-refractivity contribution in [2.45, 2.75) is 26.3 Å². The van der Waals surface area contributed by atoms with E-state index in [0.717, 1.165) is 29.8 Å². The molecule has 18 heavy (non-hydrogen) atoms. The van der Waals surface area contributed by atoms with Crippen molar-refractivity contribution in [2.24, 2.45) is 5.73 Å². The van der Waals surface area contributed by atoms with Gasteiger partial charge in [-0.25, -0.2) is 4.68 Å². The van der Waals surface area contributed by atoms with Gasteiger partial charge in [-0.15, -0.1) is 0 Å². The second kappa shape index (κ2) is 5.69. The molecule has 1 aromatic heterocycles. The molecule has 0 aliphatic carbocycles. The van der Waals surface area contributed by atoms with Crippen molar-refractivity contribution in [3.63, 3.8) is 0 Å². The lowest BCUT2D eigenvalue weighted by atomic mass is 10.1. The maximum Gasteiger partial charge on any atom is 0.144 e. The van der Waals surface area contributed by atoms with Crippen LogP contribution in [0.5, 0.6) is 5.75 Å². The van der Waals surface area contributed by atoms with Gasteiger partial charge in [0.25, 0.3) is 0 Å². The van der Waals surface area contributed by atoms with Crippen LogP contribution in [0.25, 0.3) is 5.69 Å². The number of hydrogen-bond donors (Lipinski definition) is 1. The molecule has 4 nitrogen and oxygen atoms in total. The largest absolute Gasteiger partial charge is 0.494 e. The van der Waals surface area contributed by atoms with E-state index in [-0.39, 0.29) is 0 Å². The molecule has 0 fully saturated rings. The summed E-state index contributed by atoms with van der Waals surface area (Å²) in [6.07, 6.45) is 3.87. The number of ether oxygens (including phenoxy) is 1. The smallest absolute Gasteiger partial charge is 0.144 e. The third kappa shape index (κ3) is 2.24. The van der Waals surface area contributed by atoms with Gasteiger partial charge in [0.15, 0.2) is 0 Å². The highest BCUT2D eigenvalue weighted by molar-refractivity contribution is 5.47. The Kier molecular flexibility index (Phi) is 3.99. The van der Waals surface area contributed by atoms with E-state index >= 15 is 0 Å². The zero-order valence-corrected chi connectivity index (χ0v) is 10.9. The summed E-state index contributed by atoms with van der Waals surface area (Å²) >= 11 is 0. The zero-order chi connectivity index (χ0) is 13.0. The Morgan fingerprint density at radius 2 is 2.11 bits per heavy atom. The van der Waals surface area contributed by atoms with Crippen LogP contribution in [-0.4, -0.2) is 16.9 Å². The van der Waals surface area contributed by atoms with E-state index in [2.05, 4.69) is 12.0 Å². The van der Waals surface area contributed by atoms with Gasteiger partial charge >= 0.3 is 0 Å². The number of benzene rings is 1. The third-order valence-electron chi connectivity index (χ3n) is 2.98. The Labute approximate surface area is 107 Å². The predicted molar refractivity (Wildman–Crippen MR) is 72.0 cm³/mol. The van der Waals surface area contributed by atoms with Crippen LogP contribution in [0.15, 0.2) is 30.5 Å². The molecule has 0 aliphatic rings. The first-order valence-electron chi connectivity index (χ1n) is 6.21. The Bertz CT molecular complexity index is 520. The molecule has 0 saturated carbocycles. The van der Waals surface area contributed by atoms with Crippen LogP contribution >= 0.6 is 0 Å². The lowest BCUT2D eigenvalue weighted by Crippen LogP contribution is -2.07. The van der Waals surface area contributed by atoms with E-state index in [1.807, 2.05) is 35.1 Å². The summed E-state index contributed by atoms with van der Waals surface area (Å²) < 4.78 is 7.32. The van der Waals surface area contributed by atoms with Crippen LogP contribution in [-0.2, 0) is 13.0 Å². The third-order valence-corrected chi connectivity index (χ3v) is 2.98. The number of methoxy groups -OCH3 is 1. The lowest BCUT2D eigenvalue weighted by molar-refractivity contribution is 0.411. The minimum absolute atomic E-state index is 0.518. The van der Waals surface area contributed by atoms with Gasteiger partial charge in [0.05, 0.1) is 13.3 Å². The average molecular weight is 245 g/mol. The van der Waals surface area contributed by atoms with Crippen LogP contribution in [0.2, 0.25) is 0 Å². The van der Waals surface area contributed by atoms with Gasteiger partial charge in [-0.1, -0.05) is 25.5 Å². The average Bonchev–Trinajstić information content (AvgIpc) is 2.82. The number of hydrogen-bond acceptors (Lipinski definition) is 3. The van der Waals surface area contributed by atoms with Crippen molar-refractivity contribution < 1.29 is 4.74 Å². The van der Waals surface area contributed by atoms with Gasteiger partial charge in [-0.3, -0.25) is 0 Å². The minimum Gasteiger partial charge on any atom is -0.494 e. The van der Waals surface area contributed by atoms with Gasteiger partial charge < -0.3 is 10.5 Å². The molecule has 2 aromatic rings. The summed E-state index contributed by atoms with van der Waals surface area (Å²) in [6.45, 7) is 2.67. The highest BCUT2D eigenvalue weighted by Crippen LogP contribution is 2.24. The molecule has 0 aliphatic heterocycles. The first-order chi connectivity index (χ1) is 8.81. The van der Waals surface area contributed by atoms with Crippen molar-refractivity contribution in [2.75, 3.05) is 7.11 Å². The summed E-state index contributed by atoms with van der Waals surface area (Å²) in [5.41, 5.74) is 8.99. The van der Waals surface area contributed by atoms with Crippen LogP contribution < -0.4 is 10.5 Å². The van der Waals surface area contributed by atoms with Gasteiger partial charge in [-0.05, 0) is 18.6 Å². The fraction of sp³-hybridized carbons (Fsp3) is 0.357. The Hall–Kier alpha value is -1.81. The quantitative estimate of drug-likeness (QED) is 0.879. The van der Waals surface area contributed by atoms with Crippen molar-refractivity contribution in [1.82, 2.24) is 9.78 Å². The van der Waals surface area contributed by atoms with Crippen molar-refractivity contribution in [3.8, 4) is 11.4 Å². The van der Waals surface area contributed by atoms with Gasteiger partial charge in [-0.2, -0.15) is 5.10 Å². The fourth-order valence-corrected chi connectivity index (χ4v) is 2.09. The predicted octanol–water partition coefficient (Wildman–Crippen LogP) is 2.29. The van der Waals surface area contributed by atoms with E-state index in [1.54, 1.807) is 7.11 Å². The summed E-state index contributed by atoms with van der Waals surface area (Å²) in [4.78, 5) is 0. The second-order valence-electron chi connectivity index (χ2n) is 4.15. The first-order valence-corrected chi connectivity index (χ1v) is 6.21. The molecule has 0 atom stereocenters. The molecule has 0 amide bonds. The molecule has 0 spiro atoms. The molecule has 2 N–H and O–H groups in total. The topological polar surface area (TPSA) is 53.1 Å². The lowest BCUT2D eigenvalue weighted by Gasteiger charge is -2.12. The van der Waals surface area contributed by atoms with Crippen LogP contribution in [0.1, 0.15) is 24.6 Å². The molecular formula is C14H19N3O.